The second-order valence-electron chi connectivity index (χ2n) is 2.96. The predicted octanol–water partition coefficient (Wildman–Crippen LogP) is 0.0383. The van der Waals surface area contributed by atoms with Gasteiger partial charge in [-0.3, -0.25) is 4.79 Å². The van der Waals surface area contributed by atoms with Gasteiger partial charge in [0.25, 0.3) is 0 Å². The molecule has 0 aromatic carbocycles. The van der Waals surface area contributed by atoms with Crippen LogP contribution in [0.5, 0.6) is 0 Å². The molecule has 1 saturated heterocycles. The van der Waals surface area contributed by atoms with Crippen LogP contribution in [0, 0.1) is 0 Å². The highest BCUT2D eigenvalue weighted by atomic mass is 32.2. The van der Waals surface area contributed by atoms with Crippen molar-refractivity contribution in [3.05, 3.63) is 0 Å². The first kappa shape index (κ1) is 8.52. The summed E-state index contributed by atoms with van der Waals surface area (Å²) in [4.78, 5) is 10.6. The Labute approximate surface area is 65.1 Å². The molecule has 0 amide bonds. The van der Waals surface area contributed by atoms with Gasteiger partial charge in [0.1, 0.15) is 0 Å². The molecule has 0 unspecified atom stereocenters. The Morgan fingerprint density at radius 3 is 2.27 bits per heavy atom. The van der Waals surface area contributed by atoms with Crippen molar-refractivity contribution in [2.24, 2.45) is 0 Å². The van der Waals surface area contributed by atoms with Crippen molar-refractivity contribution in [3.63, 3.8) is 0 Å². The van der Waals surface area contributed by atoms with Crippen molar-refractivity contribution >= 4 is 15.8 Å². The van der Waals surface area contributed by atoms with Crippen molar-refractivity contribution < 1.29 is 18.3 Å². The standard InChI is InChI=1S/C6H10O4S/c1-6(5(7)8)3-2-4-11(6,9)10/h2-4H2,1H3,(H,7,8)/t6-/m0/s1. The van der Waals surface area contributed by atoms with E-state index in [0.29, 0.717) is 6.42 Å². The van der Waals surface area contributed by atoms with Crippen LogP contribution in [0.1, 0.15) is 19.8 Å². The Morgan fingerprint density at radius 1 is 1.55 bits per heavy atom. The maximum absolute atomic E-state index is 11.1. The molecule has 0 spiro atoms. The van der Waals surface area contributed by atoms with Gasteiger partial charge in [-0.05, 0) is 19.8 Å². The number of carboxylic acid groups (broad SMARTS) is 1. The smallest absolute Gasteiger partial charge is 0.324 e. The van der Waals surface area contributed by atoms with E-state index in [1.807, 2.05) is 0 Å². The van der Waals surface area contributed by atoms with Crippen LogP contribution in [0.2, 0.25) is 0 Å². The van der Waals surface area contributed by atoms with Crippen LogP contribution in [0.3, 0.4) is 0 Å². The molecular weight excluding hydrogens is 168 g/mol. The number of hydrogen-bond acceptors (Lipinski definition) is 3. The molecule has 0 bridgehead atoms. The summed E-state index contributed by atoms with van der Waals surface area (Å²) in [5.74, 6) is -1.22. The molecule has 64 valence electrons. The normalized spacial score (nSPS) is 35.4. The third kappa shape index (κ3) is 1.03. The van der Waals surface area contributed by atoms with Crippen LogP contribution >= 0.6 is 0 Å². The minimum Gasteiger partial charge on any atom is -0.480 e. The van der Waals surface area contributed by atoms with Gasteiger partial charge in [0.05, 0.1) is 5.75 Å². The lowest BCUT2D eigenvalue weighted by molar-refractivity contribution is -0.139. The summed E-state index contributed by atoms with van der Waals surface area (Å²) in [5.41, 5.74) is 0. The molecule has 0 radical (unpaired) electrons. The summed E-state index contributed by atoms with van der Waals surface area (Å²) in [6, 6.07) is 0. The van der Waals surface area contributed by atoms with Crippen molar-refractivity contribution in [2.75, 3.05) is 5.75 Å². The fraction of sp³-hybridized carbons (Fsp3) is 0.833. The average molecular weight is 178 g/mol. The van der Waals surface area contributed by atoms with Gasteiger partial charge in [-0.2, -0.15) is 0 Å². The first-order valence-electron chi connectivity index (χ1n) is 3.36. The van der Waals surface area contributed by atoms with Gasteiger partial charge in [-0.1, -0.05) is 0 Å². The molecule has 1 fully saturated rings. The SMILES string of the molecule is C[C@@]1(C(=O)O)CCCS1(=O)=O. The molecule has 1 aliphatic heterocycles. The number of sulfone groups is 1. The number of carboxylic acids is 1. The zero-order valence-corrected chi connectivity index (χ0v) is 7.02. The zero-order valence-electron chi connectivity index (χ0n) is 6.20. The van der Waals surface area contributed by atoms with Crippen LogP contribution in [0.25, 0.3) is 0 Å². The molecule has 11 heavy (non-hydrogen) atoms. The maximum atomic E-state index is 11.1. The van der Waals surface area contributed by atoms with Crippen molar-refractivity contribution in [2.45, 2.75) is 24.5 Å². The highest BCUT2D eigenvalue weighted by Crippen LogP contribution is 2.31. The molecule has 0 aliphatic carbocycles. The molecule has 1 heterocycles. The molecule has 0 saturated carbocycles. The van der Waals surface area contributed by atoms with Crippen LogP contribution in [-0.4, -0.2) is 30.0 Å². The second kappa shape index (κ2) is 2.20. The van der Waals surface area contributed by atoms with E-state index < -0.39 is 20.6 Å². The Balaban J connectivity index is 3.14. The van der Waals surface area contributed by atoms with E-state index in [2.05, 4.69) is 0 Å². The van der Waals surface area contributed by atoms with E-state index in [1.54, 1.807) is 0 Å². The van der Waals surface area contributed by atoms with Crippen LogP contribution in [-0.2, 0) is 14.6 Å². The Hall–Kier alpha value is -0.580. The highest BCUT2D eigenvalue weighted by Gasteiger charge is 2.49. The van der Waals surface area contributed by atoms with Gasteiger partial charge in [0.2, 0.25) is 0 Å². The summed E-state index contributed by atoms with van der Waals surface area (Å²) in [6.45, 7) is 1.28. The van der Waals surface area contributed by atoms with Crippen LogP contribution < -0.4 is 0 Å². The van der Waals surface area contributed by atoms with Crippen molar-refractivity contribution in [1.29, 1.82) is 0 Å². The summed E-state index contributed by atoms with van der Waals surface area (Å²) in [5, 5.41) is 8.63. The van der Waals surface area contributed by atoms with E-state index in [9.17, 15) is 13.2 Å². The lowest BCUT2D eigenvalue weighted by atomic mass is 10.1. The molecule has 5 heteroatoms. The Morgan fingerprint density at radius 2 is 2.09 bits per heavy atom. The molecule has 0 aromatic heterocycles. The molecule has 4 nitrogen and oxygen atoms in total. The van der Waals surface area contributed by atoms with Crippen LogP contribution in [0.15, 0.2) is 0 Å². The quantitative estimate of drug-likeness (QED) is 0.615. The lowest BCUT2D eigenvalue weighted by Gasteiger charge is -2.15. The summed E-state index contributed by atoms with van der Waals surface area (Å²) < 4.78 is 20.8. The van der Waals surface area contributed by atoms with E-state index in [4.69, 9.17) is 5.11 Å². The molecule has 1 aliphatic rings. The third-order valence-electron chi connectivity index (χ3n) is 2.21. The maximum Gasteiger partial charge on any atom is 0.324 e. The fourth-order valence-electron chi connectivity index (χ4n) is 1.22. The summed E-state index contributed by atoms with van der Waals surface area (Å²) in [7, 11) is -3.39. The minimum absolute atomic E-state index is 0.00972. The van der Waals surface area contributed by atoms with E-state index in [0.717, 1.165) is 0 Å². The largest absolute Gasteiger partial charge is 0.480 e. The molecule has 0 aromatic rings. The summed E-state index contributed by atoms with van der Waals surface area (Å²) in [6.07, 6.45) is 0.704. The number of rotatable bonds is 1. The second-order valence-corrected chi connectivity index (χ2v) is 5.50. The fourth-order valence-corrected chi connectivity index (χ4v) is 2.92. The summed E-state index contributed by atoms with van der Waals surface area (Å²) >= 11 is 0. The number of hydrogen-bond donors (Lipinski definition) is 1. The van der Waals surface area contributed by atoms with E-state index in [-0.39, 0.29) is 12.2 Å². The van der Waals surface area contributed by atoms with Gasteiger partial charge in [-0.15, -0.1) is 0 Å². The Bertz CT molecular complexity index is 279. The first-order valence-corrected chi connectivity index (χ1v) is 5.01. The average Bonchev–Trinajstić information content (AvgIpc) is 2.09. The van der Waals surface area contributed by atoms with Gasteiger partial charge < -0.3 is 5.11 Å². The monoisotopic (exact) mass is 178 g/mol. The number of carbonyl (C=O) groups is 1. The molecule has 1 atom stereocenters. The topological polar surface area (TPSA) is 71.4 Å². The molecule has 1 N–H and O–H groups in total. The predicted molar refractivity (Wildman–Crippen MR) is 39.1 cm³/mol. The molecule has 1 rings (SSSR count). The van der Waals surface area contributed by atoms with Crippen molar-refractivity contribution in [3.8, 4) is 0 Å². The first-order chi connectivity index (χ1) is 4.90. The van der Waals surface area contributed by atoms with Crippen LogP contribution in [0.4, 0.5) is 0 Å². The Kier molecular flexibility index (Phi) is 1.70. The zero-order chi connectivity index (χ0) is 8.70. The third-order valence-corrected chi connectivity index (χ3v) is 4.78. The van der Waals surface area contributed by atoms with Crippen molar-refractivity contribution in [1.82, 2.24) is 0 Å². The van der Waals surface area contributed by atoms with E-state index in [1.165, 1.54) is 6.92 Å². The van der Waals surface area contributed by atoms with Gasteiger partial charge in [0, 0.05) is 0 Å². The minimum atomic E-state index is -3.39. The highest BCUT2D eigenvalue weighted by molar-refractivity contribution is 7.93. The molecular formula is C6H10O4S. The number of aliphatic carboxylic acids is 1. The van der Waals surface area contributed by atoms with Gasteiger partial charge in [-0.25, -0.2) is 8.42 Å². The van der Waals surface area contributed by atoms with Gasteiger partial charge in [0.15, 0.2) is 14.6 Å². The van der Waals surface area contributed by atoms with Gasteiger partial charge >= 0.3 is 5.97 Å². The lowest BCUT2D eigenvalue weighted by Crippen LogP contribution is -2.39. The van der Waals surface area contributed by atoms with E-state index >= 15 is 0 Å².